The Morgan fingerprint density at radius 2 is 2.00 bits per heavy atom. The minimum absolute atomic E-state index is 0.115. The number of methoxy groups -OCH3 is 1. The lowest BCUT2D eigenvalue weighted by molar-refractivity contribution is -0.149. The van der Waals surface area contributed by atoms with Crippen LogP contribution in [0.5, 0.6) is 0 Å². The molecule has 126 valence electrons. The standard InChI is InChI=1S/C16H22N2O5/c1-16(10-23-3,15(21)22)18-13(19)8-7-11-5-4-6-12(9-11)14(20)17-2/h4-6,9H,7-8,10H2,1-3H3,(H,17,20)(H,18,19)(H,21,22). The van der Waals surface area contributed by atoms with Crippen molar-refractivity contribution in [1.29, 1.82) is 0 Å². The van der Waals surface area contributed by atoms with E-state index in [9.17, 15) is 19.5 Å². The summed E-state index contributed by atoms with van der Waals surface area (Å²) in [5.74, 6) is -1.75. The van der Waals surface area contributed by atoms with Crippen molar-refractivity contribution in [1.82, 2.24) is 10.6 Å². The molecular formula is C16H22N2O5. The molecular weight excluding hydrogens is 300 g/mol. The maximum atomic E-state index is 12.0. The third-order valence-corrected chi connectivity index (χ3v) is 3.38. The molecule has 1 rings (SSSR count). The van der Waals surface area contributed by atoms with Gasteiger partial charge in [0, 0.05) is 26.1 Å². The molecule has 0 fully saturated rings. The van der Waals surface area contributed by atoms with Gasteiger partial charge in [0.2, 0.25) is 5.91 Å². The van der Waals surface area contributed by atoms with Crippen LogP contribution in [0.3, 0.4) is 0 Å². The fourth-order valence-electron chi connectivity index (χ4n) is 2.08. The van der Waals surface area contributed by atoms with Crippen molar-refractivity contribution < 1.29 is 24.2 Å². The van der Waals surface area contributed by atoms with E-state index in [0.717, 1.165) is 5.56 Å². The predicted octanol–water partition coefficient (Wildman–Crippen LogP) is 0.585. The summed E-state index contributed by atoms with van der Waals surface area (Å²) in [6, 6.07) is 6.94. The number of hydrogen-bond acceptors (Lipinski definition) is 4. The molecule has 2 amide bonds. The number of aliphatic carboxylic acids is 1. The van der Waals surface area contributed by atoms with Gasteiger partial charge in [0.25, 0.3) is 5.91 Å². The molecule has 0 saturated carbocycles. The van der Waals surface area contributed by atoms with Crippen LogP contribution in [0.2, 0.25) is 0 Å². The van der Waals surface area contributed by atoms with Gasteiger partial charge in [-0.25, -0.2) is 4.79 Å². The van der Waals surface area contributed by atoms with Gasteiger partial charge < -0.3 is 20.5 Å². The lowest BCUT2D eigenvalue weighted by Crippen LogP contribution is -2.55. The summed E-state index contributed by atoms with van der Waals surface area (Å²) >= 11 is 0. The Labute approximate surface area is 135 Å². The minimum Gasteiger partial charge on any atom is -0.479 e. The third-order valence-electron chi connectivity index (χ3n) is 3.38. The number of carboxylic acids is 1. The van der Waals surface area contributed by atoms with Crippen LogP contribution in [-0.2, 0) is 20.7 Å². The number of rotatable bonds is 8. The highest BCUT2D eigenvalue weighted by Gasteiger charge is 2.34. The van der Waals surface area contributed by atoms with Crippen molar-refractivity contribution in [2.45, 2.75) is 25.3 Å². The molecule has 0 spiro atoms. The molecule has 0 aliphatic carbocycles. The highest BCUT2D eigenvalue weighted by atomic mass is 16.5. The van der Waals surface area contributed by atoms with Crippen molar-refractivity contribution in [2.75, 3.05) is 20.8 Å². The van der Waals surface area contributed by atoms with Crippen LogP contribution in [-0.4, -0.2) is 49.2 Å². The lowest BCUT2D eigenvalue weighted by Gasteiger charge is -2.25. The number of carbonyl (C=O) groups excluding carboxylic acids is 2. The molecule has 0 radical (unpaired) electrons. The van der Waals surface area contributed by atoms with Crippen molar-refractivity contribution in [3.8, 4) is 0 Å². The Balaban J connectivity index is 2.66. The molecule has 7 heteroatoms. The average molecular weight is 322 g/mol. The Bertz CT molecular complexity index is 588. The van der Waals surface area contributed by atoms with Gasteiger partial charge in [-0.1, -0.05) is 12.1 Å². The van der Waals surface area contributed by atoms with Crippen LogP contribution < -0.4 is 10.6 Å². The van der Waals surface area contributed by atoms with Gasteiger partial charge in [-0.15, -0.1) is 0 Å². The predicted molar refractivity (Wildman–Crippen MR) is 84.2 cm³/mol. The smallest absolute Gasteiger partial charge is 0.331 e. The molecule has 0 aliphatic rings. The first-order chi connectivity index (χ1) is 10.8. The van der Waals surface area contributed by atoms with Crippen LogP contribution in [0.4, 0.5) is 0 Å². The van der Waals surface area contributed by atoms with E-state index in [0.29, 0.717) is 12.0 Å². The highest BCUT2D eigenvalue weighted by Crippen LogP contribution is 2.10. The molecule has 23 heavy (non-hydrogen) atoms. The molecule has 1 atom stereocenters. The minimum atomic E-state index is -1.46. The van der Waals surface area contributed by atoms with Gasteiger partial charge in [0.15, 0.2) is 5.54 Å². The number of hydrogen-bond donors (Lipinski definition) is 3. The Morgan fingerprint density at radius 3 is 2.57 bits per heavy atom. The van der Waals surface area contributed by atoms with Gasteiger partial charge in [-0.2, -0.15) is 0 Å². The first kappa shape index (κ1) is 18.6. The number of aryl methyl sites for hydroxylation is 1. The van der Waals surface area contributed by atoms with E-state index < -0.39 is 17.4 Å². The SMILES string of the molecule is CNC(=O)c1cccc(CCC(=O)NC(C)(COC)C(=O)O)c1. The number of ether oxygens (including phenoxy) is 1. The normalized spacial score (nSPS) is 13.0. The maximum absolute atomic E-state index is 12.0. The van der Waals surface area contributed by atoms with E-state index in [2.05, 4.69) is 10.6 Å². The van der Waals surface area contributed by atoms with E-state index in [1.165, 1.54) is 14.0 Å². The Morgan fingerprint density at radius 1 is 1.30 bits per heavy atom. The summed E-state index contributed by atoms with van der Waals surface area (Å²) in [6.07, 6.45) is 0.517. The van der Waals surface area contributed by atoms with E-state index in [-0.39, 0.29) is 18.9 Å². The van der Waals surface area contributed by atoms with E-state index in [4.69, 9.17) is 4.74 Å². The zero-order valence-electron chi connectivity index (χ0n) is 13.5. The molecule has 1 aromatic rings. The molecule has 0 bridgehead atoms. The number of nitrogens with one attached hydrogen (secondary N) is 2. The van der Waals surface area contributed by atoms with Gasteiger partial charge >= 0.3 is 5.97 Å². The quantitative estimate of drug-likeness (QED) is 0.649. The maximum Gasteiger partial charge on any atom is 0.331 e. The topological polar surface area (TPSA) is 105 Å². The zero-order chi connectivity index (χ0) is 17.5. The van der Waals surface area contributed by atoms with E-state index in [1.54, 1.807) is 25.2 Å². The van der Waals surface area contributed by atoms with Crippen LogP contribution in [0.15, 0.2) is 24.3 Å². The highest BCUT2D eigenvalue weighted by molar-refractivity contribution is 5.94. The van der Waals surface area contributed by atoms with Gasteiger partial charge in [0.05, 0.1) is 6.61 Å². The number of amides is 2. The van der Waals surface area contributed by atoms with Gasteiger partial charge in [-0.3, -0.25) is 9.59 Å². The molecule has 7 nitrogen and oxygen atoms in total. The summed E-state index contributed by atoms with van der Waals surface area (Å²) in [5, 5.41) is 14.2. The Kier molecular flexibility index (Phi) is 6.71. The first-order valence-electron chi connectivity index (χ1n) is 7.16. The van der Waals surface area contributed by atoms with Crippen molar-refractivity contribution in [3.05, 3.63) is 35.4 Å². The third kappa shape index (κ3) is 5.37. The fourth-order valence-corrected chi connectivity index (χ4v) is 2.08. The lowest BCUT2D eigenvalue weighted by atomic mass is 10.0. The summed E-state index contributed by atoms with van der Waals surface area (Å²) in [5.41, 5.74) is -0.124. The molecule has 0 aromatic heterocycles. The molecule has 3 N–H and O–H groups in total. The van der Waals surface area contributed by atoms with Crippen LogP contribution >= 0.6 is 0 Å². The Hall–Kier alpha value is -2.41. The van der Waals surface area contributed by atoms with Gasteiger partial charge in [0.1, 0.15) is 0 Å². The van der Waals surface area contributed by atoms with Gasteiger partial charge in [-0.05, 0) is 31.0 Å². The molecule has 0 aliphatic heterocycles. The van der Waals surface area contributed by atoms with Crippen LogP contribution in [0.25, 0.3) is 0 Å². The monoisotopic (exact) mass is 322 g/mol. The van der Waals surface area contributed by atoms with Crippen molar-refractivity contribution >= 4 is 17.8 Å². The summed E-state index contributed by atoms with van der Waals surface area (Å²) in [4.78, 5) is 34.8. The fraction of sp³-hybridized carbons (Fsp3) is 0.438. The summed E-state index contributed by atoms with van der Waals surface area (Å²) < 4.78 is 4.85. The number of benzene rings is 1. The first-order valence-corrected chi connectivity index (χ1v) is 7.16. The summed E-state index contributed by atoms with van der Waals surface area (Å²) in [7, 11) is 2.92. The molecule has 0 saturated heterocycles. The van der Waals surface area contributed by atoms with Crippen molar-refractivity contribution in [2.24, 2.45) is 0 Å². The summed E-state index contributed by atoms with van der Waals surface area (Å²) in [6.45, 7) is 1.27. The largest absolute Gasteiger partial charge is 0.479 e. The molecule has 1 aromatic carbocycles. The number of carbonyl (C=O) groups is 3. The second-order valence-electron chi connectivity index (χ2n) is 5.40. The van der Waals surface area contributed by atoms with Crippen LogP contribution in [0, 0.1) is 0 Å². The van der Waals surface area contributed by atoms with Crippen molar-refractivity contribution in [3.63, 3.8) is 0 Å². The van der Waals surface area contributed by atoms with E-state index in [1.807, 2.05) is 6.07 Å². The second-order valence-corrected chi connectivity index (χ2v) is 5.40. The second kappa shape index (κ2) is 8.28. The van der Waals surface area contributed by atoms with E-state index >= 15 is 0 Å². The average Bonchev–Trinajstić information content (AvgIpc) is 2.52. The number of carboxylic acid groups (broad SMARTS) is 1. The zero-order valence-corrected chi connectivity index (χ0v) is 13.5. The molecule has 0 heterocycles. The van der Waals surface area contributed by atoms with Crippen LogP contribution in [0.1, 0.15) is 29.3 Å². The molecule has 1 unspecified atom stereocenters.